The number of piperidine rings is 1. The molecule has 0 aliphatic carbocycles. The minimum absolute atomic E-state index is 0.294. The average Bonchev–Trinajstić information content (AvgIpc) is 2.38. The maximum atomic E-state index is 12.5. The van der Waals surface area contributed by atoms with Crippen LogP contribution in [0.2, 0.25) is 0 Å². The number of aliphatic hydroxyl groups is 1. The largest absolute Gasteiger partial charge is 0.416 e. The number of hydrogen-bond acceptors (Lipinski definition) is 1. The van der Waals surface area contributed by atoms with Gasteiger partial charge in [-0.25, -0.2) is 0 Å². The van der Waals surface area contributed by atoms with E-state index in [1.54, 1.807) is 19.1 Å². The molecule has 0 saturated carbocycles. The Hall–Kier alpha value is -1.07. The van der Waals surface area contributed by atoms with Crippen molar-refractivity contribution in [1.82, 2.24) is 0 Å². The summed E-state index contributed by atoms with van der Waals surface area (Å²) in [4.78, 5) is 0. The molecule has 1 aromatic carbocycles. The molecular formula is C15H21F3NO+. The summed E-state index contributed by atoms with van der Waals surface area (Å²) < 4.78 is 38.2. The maximum Gasteiger partial charge on any atom is 0.416 e. The minimum Gasteiger partial charge on any atom is -0.345 e. The Balaban J connectivity index is 2.04. The minimum atomic E-state index is -4.27. The monoisotopic (exact) mass is 288 g/mol. The third kappa shape index (κ3) is 3.15. The van der Waals surface area contributed by atoms with Crippen LogP contribution in [0.4, 0.5) is 13.2 Å². The number of nitrogens with zero attached hydrogens (tertiary/aromatic N) is 1. The van der Waals surface area contributed by atoms with Gasteiger partial charge in [0.1, 0.15) is 0 Å². The Morgan fingerprint density at radius 3 is 2.05 bits per heavy atom. The number of likely N-dealkylation sites (tertiary alicyclic amines) is 1. The molecule has 1 saturated heterocycles. The molecule has 0 spiro atoms. The SMILES string of the molecule is CC(O)[N+]1(C)CCC(c2ccc(C(F)(F)F)cc2)CC1. The fraction of sp³-hybridized carbons (Fsp3) is 0.600. The first-order chi connectivity index (χ1) is 9.22. The lowest BCUT2D eigenvalue weighted by Crippen LogP contribution is -2.54. The van der Waals surface area contributed by atoms with Gasteiger partial charge in [0.05, 0.1) is 25.7 Å². The Morgan fingerprint density at radius 1 is 1.15 bits per heavy atom. The lowest BCUT2D eigenvalue weighted by molar-refractivity contribution is -0.956. The Kier molecular flexibility index (Phi) is 4.12. The molecule has 20 heavy (non-hydrogen) atoms. The van der Waals surface area contributed by atoms with E-state index >= 15 is 0 Å². The van der Waals surface area contributed by atoms with E-state index in [2.05, 4.69) is 0 Å². The number of halogens is 3. The van der Waals surface area contributed by atoms with Crippen molar-refractivity contribution in [3.8, 4) is 0 Å². The number of aliphatic hydroxyl groups excluding tert-OH is 1. The summed E-state index contributed by atoms with van der Waals surface area (Å²) in [5.74, 6) is 0.294. The van der Waals surface area contributed by atoms with Crippen LogP contribution < -0.4 is 0 Å². The normalized spacial score (nSPS) is 29.2. The number of alkyl halides is 3. The van der Waals surface area contributed by atoms with Gasteiger partial charge >= 0.3 is 6.18 Å². The maximum absolute atomic E-state index is 12.5. The Morgan fingerprint density at radius 2 is 1.65 bits per heavy atom. The van der Waals surface area contributed by atoms with E-state index in [0.29, 0.717) is 10.4 Å². The molecular weight excluding hydrogens is 267 g/mol. The van der Waals surface area contributed by atoms with Crippen molar-refractivity contribution in [1.29, 1.82) is 0 Å². The van der Waals surface area contributed by atoms with Gasteiger partial charge in [-0.15, -0.1) is 0 Å². The van der Waals surface area contributed by atoms with Gasteiger partial charge < -0.3 is 9.59 Å². The smallest absolute Gasteiger partial charge is 0.345 e. The predicted molar refractivity (Wildman–Crippen MR) is 71.0 cm³/mol. The molecule has 1 atom stereocenters. The van der Waals surface area contributed by atoms with Crippen LogP contribution in [-0.4, -0.2) is 36.0 Å². The standard InChI is InChI=1S/C15H21F3NO/c1-11(20)19(2)9-7-13(8-10-19)12-3-5-14(6-4-12)15(16,17)18/h3-6,11,13,20H,7-10H2,1-2H3/q+1. The zero-order valence-electron chi connectivity index (χ0n) is 11.8. The van der Waals surface area contributed by atoms with Crippen LogP contribution in [0.15, 0.2) is 24.3 Å². The number of benzene rings is 1. The molecule has 5 heteroatoms. The third-order valence-corrected chi connectivity index (χ3v) is 4.59. The number of quaternary nitrogens is 1. The van der Waals surface area contributed by atoms with Crippen molar-refractivity contribution in [2.75, 3.05) is 20.1 Å². The zero-order chi connectivity index (χ0) is 15.0. The van der Waals surface area contributed by atoms with Gasteiger partial charge in [0.2, 0.25) is 0 Å². The summed E-state index contributed by atoms with van der Waals surface area (Å²) in [6.45, 7) is 3.49. The van der Waals surface area contributed by atoms with E-state index in [9.17, 15) is 18.3 Å². The van der Waals surface area contributed by atoms with Gasteiger partial charge in [0.25, 0.3) is 0 Å². The first-order valence-corrected chi connectivity index (χ1v) is 6.92. The summed E-state index contributed by atoms with van der Waals surface area (Å²) in [7, 11) is 2.02. The van der Waals surface area contributed by atoms with Crippen molar-refractivity contribution in [2.24, 2.45) is 0 Å². The van der Waals surface area contributed by atoms with Crippen LogP contribution in [0.25, 0.3) is 0 Å². The molecule has 0 aromatic heterocycles. The number of hydrogen-bond donors (Lipinski definition) is 1. The van der Waals surface area contributed by atoms with Crippen molar-refractivity contribution in [3.63, 3.8) is 0 Å². The molecule has 2 rings (SSSR count). The molecule has 112 valence electrons. The summed E-state index contributed by atoms with van der Waals surface area (Å²) >= 11 is 0. The summed E-state index contributed by atoms with van der Waals surface area (Å²) in [6.07, 6.45) is -2.88. The van der Waals surface area contributed by atoms with Crippen LogP contribution in [0, 0.1) is 0 Å². The van der Waals surface area contributed by atoms with Crippen LogP contribution in [0.3, 0.4) is 0 Å². The number of rotatable bonds is 2. The van der Waals surface area contributed by atoms with E-state index in [1.165, 1.54) is 0 Å². The molecule has 1 N–H and O–H groups in total. The molecule has 1 fully saturated rings. The van der Waals surface area contributed by atoms with Crippen LogP contribution in [0.5, 0.6) is 0 Å². The van der Waals surface area contributed by atoms with E-state index < -0.39 is 18.0 Å². The van der Waals surface area contributed by atoms with Crippen molar-refractivity contribution in [2.45, 2.75) is 38.1 Å². The lowest BCUT2D eigenvalue weighted by Gasteiger charge is -2.42. The molecule has 1 aliphatic heterocycles. The van der Waals surface area contributed by atoms with Crippen LogP contribution in [0.1, 0.15) is 36.8 Å². The fourth-order valence-corrected chi connectivity index (χ4v) is 2.81. The Labute approximate surface area is 117 Å². The van der Waals surface area contributed by atoms with E-state index in [-0.39, 0.29) is 0 Å². The van der Waals surface area contributed by atoms with Crippen molar-refractivity contribution in [3.05, 3.63) is 35.4 Å². The quantitative estimate of drug-likeness (QED) is 0.827. The zero-order valence-corrected chi connectivity index (χ0v) is 11.8. The molecule has 2 nitrogen and oxygen atoms in total. The fourth-order valence-electron chi connectivity index (χ4n) is 2.81. The highest BCUT2D eigenvalue weighted by Crippen LogP contribution is 2.34. The summed E-state index contributed by atoms with van der Waals surface area (Å²) in [5.41, 5.74) is 0.372. The van der Waals surface area contributed by atoms with Gasteiger partial charge in [-0.2, -0.15) is 13.2 Å². The van der Waals surface area contributed by atoms with Crippen molar-refractivity contribution >= 4 is 0 Å². The second-order valence-corrected chi connectivity index (χ2v) is 5.95. The summed E-state index contributed by atoms with van der Waals surface area (Å²) in [5, 5.41) is 9.77. The van der Waals surface area contributed by atoms with Gasteiger partial charge in [-0.3, -0.25) is 0 Å². The summed E-state index contributed by atoms with van der Waals surface area (Å²) in [6, 6.07) is 5.50. The average molecular weight is 288 g/mol. The predicted octanol–water partition coefficient (Wildman–Crippen LogP) is 3.37. The van der Waals surface area contributed by atoms with Crippen LogP contribution in [-0.2, 0) is 6.18 Å². The first-order valence-electron chi connectivity index (χ1n) is 6.92. The van der Waals surface area contributed by atoms with E-state index in [4.69, 9.17) is 0 Å². The molecule has 0 bridgehead atoms. The highest BCUT2D eigenvalue weighted by atomic mass is 19.4. The second kappa shape index (κ2) is 5.37. The van der Waals surface area contributed by atoms with Crippen molar-refractivity contribution < 1.29 is 22.8 Å². The highest BCUT2D eigenvalue weighted by molar-refractivity contribution is 5.27. The molecule has 0 amide bonds. The highest BCUT2D eigenvalue weighted by Gasteiger charge is 2.35. The first kappa shape index (κ1) is 15.3. The topological polar surface area (TPSA) is 20.2 Å². The van der Waals surface area contributed by atoms with Gasteiger partial charge in [-0.1, -0.05) is 12.1 Å². The van der Waals surface area contributed by atoms with E-state index in [1.807, 2.05) is 7.05 Å². The van der Waals surface area contributed by atoms with E-state index in [0.717, 1.165) is 43.6 Å². The molecule has 1 aliphatic rings. The molecule has 1 heterocycles. The molecule has 0 radical (unpaired) electrons. The van der Waals surface area contributed by atoms with Gasteiger partial charge in [-0.05, 0) is 23.6 Å². The van der Waals surface area contributed by atoms with Gasteiger partial charge in [0.15, 0.2) is 6.23 Å². The second-order valence-electron chi connectivity index (χ2n) is 5.95. The Bertz CT molecular complexity index is 445. The van der Waals surface area contributed by atoms with Gasteiger partial charge in [0, 0.05) is 19.8 Å². The molecule has 1 unspecified atom stereocenters. The lowest BCUT2D eigenvalue weighted by atomic mass is 9.88. The van der Waals surface area contributed by atoms with Crippen LogP contribution >= 0.6 is 0 Å². The molecule has 1 aromatic rings. The third-order valence-electron chi connectivity index (χ3n) is 4.59.